The Hall–Kier alpha value is -3.14. The normalized spacial score (nSPS) is 15.5. The van der Waals surface area contributed by atoms with Crippen LogP contribution in [-0.4, -0.2) is 5.78 Å². The summed E-state index contributed by atoms with van der Waals surface area (Å²) in [6.07, 6.45) is -3.93. The maximum atomic E-state index is 14.4. The Labute approximate surface area is 159 Å². The smallest absolute Gasteiger partial charge is 0.359 e. The van der Waals surface area contributed by atoms with Crippen molar-refractivity contribution in [3.05, 3.63) is 76.2 Å². The third-order valence-corrected chi connectivity index (χ3v) is 4.74. The van der Waals surface area contributed by atoms with E-state index in [2.05, 4.69) is 5.32 Å². The van der Waals surface area contributed by atoms with Crippen molar-refractivity contribution < 1.29 is 22.4 Å². The van der Waals surface area contributed by atoms with Gasteiger partial charge >= 0.3 is 6.18 Å². The third kappa shape index (κ3) is 3.91. The lowest BCUT2D eigenvalue weighted by molar-refractivity contribution is -0.137. The number of nitriles is 1. The topological polar surface area (TPSA) is 52.9 Å². The van der Waals surface area contributed by atoms with Crippen LogP contribution in [0.2, 0.25) is 0 Å². The summed E-state index contributed by atoms with van der Waals surface area (Å²) in [5.41, 5.74) is 0.677. The van der Waals surface area contributed by atoms with Crippen LogP contribution in [-0.2, 0) is 11.0 Å². The summed E-state index contributed by atoms with van der Waals surface area (Å²) in [7, 11) is 0. The molecular weight excluding hydrogens is 372 g/mol. The Bertz CT molecular complexity index is 1000. The molecule has 0 radical (unpaired) electrons. The highest BCUT2D eigenvalue weighted by atomic mass is 19.4. The number of rotatable bonds is 4. The Morgan fingerprint density at radius 3 is 2.54 bits per heavy atom. The first-order valence-electron chi connectivity index (χ1n) is 8.60. The second-order valence-electron chi connectivity index (χ2n) is 6.59. The molecule has 1 atom stereocenters. The third-order valence-electron chi connectivity index (χ3n) is 4.74. The molecule has 3 rings (SSSR count). The van der Waals surface area contributed by atoms with Crippen molar-refractivity contribution in [3.63, 3.8) is 0 Å². The number of carbonyl (C=O) groups excluding carboxylic acids is 1. The van der Waals surface area contributed by atoms with Crippen molar-refractivity contribution >= 4 is 11.5 Å². The molecule has 0 saturated heterocycles. The fourth-order valence-electron chi connectivity index (χ4n) is 3.36. The molecule has 0 amide bonds. The summed E-state index contributed by atoms with van der Waals surface area (Å²) < 4.78 is 53.1. The van der Waals surface area contributed by atoms with Crippen LogP contribution in [0.15, 0.2) is 53.7 Å². The number of alkyl halides is 3. The predicted octanol–water partition coefficient (Wildman–Crippen LogP) is 5.55. The zero-order chi connectivity index (χ0) is 20.5. The summed E-state index contributed by atoms with van der Waals surface area (Å²) in [6.45, 7) is 1.66. The molecule has 1 aliphatic rings. The van der Waals surface area contributed by atoms with E-state index in [9.17, 15) is 22.4 Å². The predicted molar refractivity (Wildman–Crippen MR) is 95.9 cm³/mol. The van der Waals surface area contributed by atoms with Crippen LogP contribution in [0, 0.1) is 17.1 Å². The number of anilines is 1. The molecule has 1 aliphatic carbocycles. The van der Waals surface area contributed by atoms with Gasteiger partial charge in [0.25, 0.3) is 0 Å². The van der Waals surface area contributed by atoms with E-state index < -0.39 is 23.5 Å². The number of hydrogen-bond donors (Lipinski definition) is 1. The van der Waals surface area contributed by atoms with E-state index in [-0.39, 0.29) is 29.0 Å². The number of nitrogens with one attached hydrogen (secondary N) is 1. The van der Waals surface area contributed by atoms with Crippen LogP contribution in [0.4, 0.5) is 23.2 Å². The molecule has 0 aromatic heterocycles. The molecule has 7 heteroatoms. The highest BCUT2D eigenvalue weighted by Crippen LogP contribution is 2.37. The van der Waals surface area contributed by atoms with E-state index in [0.29, 0.717) is 17.7 Å². The zero-order valence-corrected chi connectivity index (χ0v) is 14.9. The SMILES string of the molecule is CC(C1=C(Nc2cccc(C(F)(F)F)c2)CCC1=O)c1ccc(C#N)cc1F. The molecule has 2 aromatic rings. The van der Waals surface area contributed by atoms with Gasteiger partial charge in [0.05, 0.1) is 17.2 Å². The lowest BCUT2D eigenvalue weighted by atomic mass is 9.90. The van der Waals surface area contributed by atoms with Crippen molar-refractivity contribution in [1.82, 2.24) is 0 Å². The number of benzene rings is 2. The first-order valence-corrected chi connectivity index (χ1v) is 8.60. The first-order chi connectivity index (χ1) is 13.2. The molecule has 0 bridgehead atoms. The number of halogens is 4. The standard InChI is InChI=1S/C21H16F4N2O/c1-12(16-6-5-13(11-26)9-17(16)22)20-18(7-8-19(20)28)27-15-4-2-3-14(10-15)21(23,24)25/h2-6,9-10,12,27H,7-8H2,1H3. The Morgan fingerprint density at radius 2 is 1.89 bits per heavy atom. The number of Topliss-reactive ketones (excluding diaryl/α,β-unsaturated/α-hetero) is 1. The Morgan fingerprint density at radius 1 is 1.14 bits per heavy atom. The average Bonchev–Trinajstić information content (AvgIpc) is 3.00. The second-order valence-corrected chi connectivity index (χ2v) is 6.59. The van der Waals surface area contributed by atoms with Crippen LogP contribution >= 0.6 is 0 Å². The van der Waals surface area contributed by atoms with Crippen LogP contribution in [0.3, 0.4) is 0 Å². The van der Waals surface area contributed by atoms with Gasteiger partial charge in [-0.2, -0.15) is 18.4 Å². The Kier molecular flexibility index (Phi) is 5.23. The summed E-state index contributed by atoms with van der Waals surface area (Å²) in [4.78, 5) is 12.4. The van der Waals surface area contributed by atoms with Gasteiger partial charge in [0, 0.05) is 29.3 Å². The molecular formula is C21H16F4N2O. The van der Waals surface area contributed by atoms with Crippen LogP contribution in [0.1, 0.15) is 42.4 Å². The molecule has 0 heterocycles. The fourth-order valence-corrected chi connectivity index (χ4v) is 3.36. The highest BCUT2D eigenvalue weighted by Gasteiger charge is 2.32. The molecule has 144 valence electrons. The molecule has 2 aromatic carbocycles. The lowest BCUT2D eigenvalue weighted by Crippen LogP contribution is -2.11. The van der Waals surface area contributed by atoms with Gasteiger partial charge in [-0.15, -0.1) is 0 Å². The van der Waals surface area contributed by atoms with Gasteiger partial charge in [-0.3, -0.25) is 4.79 Å². The summed E-state index contributed by atoms with van der Waals surface area (Å²) in [6, 6.07) is 10.6. The molecule has 1 N–H and O–H groups in total. The van der Waals surface area contributed by atoms with Gasteiger partial charge in [-0.25, -0.2) is 4.39 Å². The van der Waals surface area contributed by atoms with Crippen molar-refractivity contribution in [2.45, 2.75) is 31.9 Å². The number of allylic oxidation sites excluding steroid dienone is 2. The molecule has 0 saturated carbocycles. The van der Waals surface area contributed by atoms with E-state index in [0.717, 1.165) is 18.2 Å². The van der Waals surface area contributed by atoms with E-state index in [1.807, 2.05) is 6.07 Å². The summed E-state index contributed by atoms with van der Waals surface area (Å²) in [5.74, 6) is -1.38. The molecule has 28 heavy (non-hydrogen) atoms. The zero-order valence-electron chi connectivity index (χ0n) is 14.9. The summed E-state index contributed by atoms with van der Waals surface area (Å²) >= 11 is 0. The number of hydrogen-bond acceptors (Lipinski definition) is 3. The first kappa shape index (κ1) is 19.6. The lowest BCUT2D eigenvalue weighted by Gasteiger charge is -2.18. The van der Waals surface area contributed by atoms with Crippen LogP contribution in [0.25, 0.3) is 0 Å². The number of carbonyl (C=O) groups is 1. The molecule has 0 fully saturated rings. The van der Waals surface area contributed by atoms with Crippen molar-refractivity contribution in [3.8, 4) is 6.07 Å². The Balaban J connectivity index is 1.96. The van der Waals surface area contributed by atoms with Crippen molar-refractivity contribution in [1.29, 1.82) is 5.26 Å². The molecule has 0 spiro atoms. The molecule has 1 unspecified atom stereocenters. The van der Waals surface area contributed by atoms with Crippen molar-refractivity contribution in [2.75, 3.05) is 5.32 Å². The van der Waals surface area contributed by atoms with E-state index in [1.54, 1.807) is 6.92 Å². The quantitative estimate of drug-likeness (QED) is 0.699. The maximum Gasteiger partial charge on any atom is 0.416 e. The fraction of sp³-hybridized carbons (Fsp3) is 0.238. The van der Waals surface area contributed by atoms with E-state index >= 15 is 0 Å². The minimum absolute atomic E-state index is 0.169. The average molecular weight is 388 g/mol. The van der Waals surface area contributed by atoms with Gasteiger partial charge in [-0.05, 0) is 42.3 Å². The van der Waals surface area contributed by atoms with Gasteiger partial charge in [0.2, 0.25) is 0 Å². The monoisotopic (exact) mass is 388 g/mol. The maximum absolute atomic E-state index is 14.4. The minimum Gasteiger partial charge on any atom is -0.359 e. The van der Waals surface area contributed by atoms with Gasteiger partial charge in [-0.1, -0.05) is 19.1 Å². The second kappa shape index (κ2) is 7.47. The largest absolute Gasteiger partial charge is 0.416 e. The van der Waals surface area contributed by atoms with E-state index in [1.165, 1.54) is 24.3 Å². The van der Waals surface area contributed by atoms with Crippen LogP contribution in [0.5, 0.6) is 0 Å². The van der Waals surface area contributed by atoms with Gasteiger partial charge in [0.15, 0.2) is 5.78 Å². The van der Waals surface area contributed by atoms with Gasteiger partial charge < -0.3 is 5.32 Å². The molecule has 0 aliphatic heterocycles. The number of ketones is 1. The summed E-state index contributed by atoms with van der Waals surface area (Å²) in [5, 5.41) is 11.8. The van der Waals surface area contributed by atoms with E-state index in [4.69, 9.17) is 5.26 Å². The highest BCUT2D eigenvalue weighted by molar-refractivity contribution is 6.00. The van der Waals surface area contributed by atoms with Gasteiger partial charge in [0.1, 0.15) is 5.82 Å². The van der Waals surface area contributed by atoms with Crippen LogP contribution < -0.4 is 5.32 Å². The minimum atomic E-state index is -4.47. The number of nitrogens with zero attached hydrogens (tertiary/aromatic N) is 1. The molecule has 3 nitrogen and oxygen atoms in total. The van der Waals surface area contributed by atoms with Crippen molar-refractivity contribution in [2.24, 2.45) is 0 Å².